The molecule has 15 heteroatoms. The molecular formula is C32H34F6N4O5. The molecule has 4 heterocycles. The van der Waals surface area contributed by atoms with Crippen molar-refractivity contribution >= 4 is 11.8 Å². The SMILES string of the molecule is CCC1N(C(=O)c2cnccc2C(F)(F)F)CCC[C@@]1(Oc1ccc(C(F)(F)F)cc1)C(=O)N1CCC(c2c(COC)noc2C)C1. The Morgan fingerprint density at radius 2 is 1.79 bits per heavy atom. The van der Waals surface area contributed by atoms with Crippen LogP contribution < -0.4 is 4.74 Å². The van der Waals surface area contributed by atoms with Gasteiger partial charge in [-0.1, -0.05) is 12.1 Å². The molecule has 254 valence electrons. The molecule has 3 atom stereocenters. The number of carbonyl (C=O) groups is 2. The number of benzene rings is 1. The highest BCUT2D eigenvalue weighted by molar-refractivity contribution is 5.97. The van der Waals surface area contributed by atoms with E-state index in [1.807, 2.05) is 0 Å². The molecule has 0 radical (unpaired) electrons. The number of amides is 2. The Morgan fingerprint density at radius 3 is 2.43 bits per heavy atom. The van der Waals surface area contributed by atoms with Gasteiger partial charge < -0.3 is 23.8 Å². The molecule has 2 saturated heterocycles. The molecule has 0 N–H and O–H groups in total. The molecule has 0 saturated carbocycles. The summed E-state index contributed by atoms with van der Waals surface area (Å²) in [5, 5.41) is 4.07. The first-order valence-corrected chi connectivity index (χ1v) is 15.1. The second-order valence-electron chi connectivity index (χ2n) is 11.7. The Bertz CT molecular complexity index is 1590. The first-order chi connectivity index (χ1) is 22.2. The summed E-state index contributed by atoms with van der Waals surface area (Å²) in [6, 6.07) is 3.48. The normalized spacial score (nSPS) is 22.1. The summed E-state index contributed by atoms with van der Waals surface area (Å²) in [6.07, 6.45) is -6.80. The van der Waals surface area contributed by atoms with Crippen LogP contribution in [-0.4, -0.2) is 70.1 Å². The predicted octanol–water partition coefficient (Wildman–Crippen LogP) is 6.41. The number of hydrogen-bond donors (Lipinski definition) is 0. The van der Waals surface area contributed by atoms with Gasteiger partial charge in [-0.2, -0.15) is 26.3 Å². The fourth-order valence-corrected chi connectivity index (χ4v) is 6.82. The van der Waals surface area contributed by atoms with E-state index in [4.69, 9.17) is 14.0 Å². The zero-order valence-electron chi connectivity index (χ0n) is 26.0. The summed E-state index contributed by atoms with van der Waals surface area (Å²) < 4.78 is 98.8. The van der Waals surface area contributed by atoms with E-state index in [1.165, 1.54) is 12.0 Å². The van der Waals surface area contributed by atoms with Gasteiger partial charge in [0.15, 0.2) is 0 Å². The Kier molecular flexibility index (Phi) is 9.58. The van der Waals surface area contributed by atoms with Gasteiger partial charge in [-0.05, 0) is 56.5 Å². The molecular weight excluding hydrogens is 634 g/mol. The van der Waals surface area contributed by atoms with E-state index in [-0.39, 0.29) is 57.2 Å². The van der Waals surface area contributed by atoms with Crippen LogP contribution in [0.5, 0.6) is 5.75 Å². The second kappa shape index (κ2) is 13.2. The number of carbonyl (C=O) groups excluding carboxylic acids is 2. The van der Waals surface area contributed by atoms with Crippen LogP contribution in [0.3, 0.4) is 0 Å². The van der Waals surface area contributed by atoms with Crippen molar-refractivity contribution in [2.75, 3.05) is 26.7 Å². The first kappa shape index (κ1) is 34.2. The van der Waals surface area contributed by atoms with Gasteiger partial charge in [0.25, 0.3) is 11.8 Å². The van der Waals surface area contributed by atoms with Crippen molar-refractivity contribution in [3.8, 4) is 5.75 Å². The summed E-state index contributed by atoms with van der Waals surface area (Å²) in [5.41, 5.74) is -3.19. The van der Waals surface area contributed by atoms with Gasteiger partial charge in [0.2, 0.25) is 5.60 Å². The van der Waals surface area contributed by atoms with Crippen LogP contribution in [0.2, 0.25) is 0 Å². The van der Waals surface area contributed by atoms with E-state index in [9.17, 15) is 35.9 Å². The van der Waals surface area contributed by atoms with Crippen molar-refractivity contribution < 1.29 is 49.9 Å². The van der Waals surface area contributed by atoms with Crippen molar-refractivity contribution in [2.45, 2.75) is 76.1 Å². The number of rotatable bonds is 8. The maximum atomic E-state index is 14.7. The Balaban J connectivity index is 1.54. The molecule has 2 fully saturated rings. The van der Waals surface area contributed by atoms with Crippen molar-refractivity contribution in [1.29, 1.82) is 0 Å². The van der Waals surface area contributed by atoms with E-state index in [0.29, 0.717) is 23.9 Å². The number of halogens is 6. The van der Waals surface area contributed by atoms with E-state index in [2.05, 4.69) is 10.1 Å². The summed E-state index contributed by atoms with van der Waals surface area (Å²) >= 11 is 0. The number of hydrogen-bond acceptors (Lipinski definition) is 7. The maximum absolute atomic E-state index is 14.7. The van der Waals surface area contributed by atoms with Gasteiger partial charge >= 0.3 is 12.4 Å². The molecule has 0 spiro atoms. The van der Waals surface area contributed by atoms with Crippen LogP contribution >= 0.6 is 0 Å². The number of pyridine rings is 1. The van der Waals surface area contributed by atoms with Gasteiger partial charge in [-0.15, -0.1) is 0 Å². The number of methoxy groups -OCH3 is 1. The summed E-state index contributed by atoms with van der Waals surface area (Å²) in [4.78, 5) is 35.1. The zero-order valence-corrected chi connectivity index (χ0v) is 26.0. The molecule has 2 aliphatic rings. The molecule has 3 aromatic rings. The minimum absolute atomic E-state index is 0.0256. The lowest BCUT2D eigenvalue weighted by molar-refractivity contribution is -0.158. The van der Waals surface area contributed by atoms with Crippen LogP contribution in [0.25, 0.3) is 0 Å². The Morgan fingerprint density at radius 1 is 1.06 bits per heavy atom. The van der Waals surface area contributed by atoms with Crippen LogP contribution in [-0.2, 0) is 28.5 Å². The van der Waals surface area contributed by atoms with E-state index in [1.54, 1.807) is 18.7 Å². The molecule has 1 aromatic carbocycles. The first-order valence-electron chi connectivity index (χ1n) is 15.1. The number of aromatic nitrogens is 2. The third-order valence-corrected chi connectivity index (χ3v) is 8.86. The highest BCUT2D eigenvalue weighted by atomic mass is 19.4. The lowest BCUT2D eigenvalue weighted by Gasteiger charge is -2.49. The van der Waals surface area contributed by atoms with Crippen LogP contribution in [0.15, 0.2) is 47.2 Å². The van der Waals surface area contributed by atoms with Gasteiger partial charge in [-0.3, -0.25) is 14.6 Å². The third-order valence-electron chi connectivity index (χ3n) is 8.86. The number of ether oxygens (including phenoxy) is 2. The number of likely N-dealkylation sites (tertiary alicyclic amines) is 2. The van der Waals surface area contributed by atoms with E-state index < -0.39 is 52.5 Å². The second-order valence-corrected chi connectivity index (χ2v) is 11.7. The average Bonchev–Trinajstić information content (AvgIpc) is 3.66. The number of alkyl halides is 6. The number of piperidine rings is 1. The molecule has 2 unspecified atom stereocenters. The fourth-order valence-electron chi connectivity index (χ4n) is 6.82. The summed E-state index contributed by atoms with van der Waals surface area (Å²) in [6.45, 7) is 4.16. The average molecular weight is 669 g/mol. The molecule has 0 bridgehead atoms. The Hall–Kier alpha value is -4.14. The third kappa shape index (κ3) is 6.67. The molecule has 2 amide bonds. The largest absolute Gasteiger partial charge is 0.475 e. The smallest absolute Gasteiger partial charge is 0.417 e. The van der Waals surface area contributed by atoms with Crippen LogP contribution in [0.4, 0.5) is 26.3 Å². The monoisotopic (exact) mass is 668 g/mol. The molecule has 2 aromatic heterocycles. The van der Waals surface area contributed by atoms with Crippen molar-refractivity contribution in [3.63, 3.8) is 0 Å². The van der Waals surface area contributed by atoms with Crippen molar-refractivity contribution in [3.05, 3.63) is 76.4 Å². The van der Waals surface area contributed by atoms with Crippen molar-refractivity contribution in [2.24, 2.45) is 0 Å². The minimum atomic E-state index is -4.85. The van der Waals surface area contributed by atoms with Gasteiger partial charge in [-0.25, -0.2) is 0 Å². The maximum Gasteiger partial charge on any atom is 0.417 e. The quantitative estimate of drug-likeness (QED) is 0.256. The highest BCUT2D eigenvalue weighted by Gasteiger charge is 2.56. The molecule has 2 aliphatic heterocycles. The predicted molar refractivity (Wildman–Crippen MR) is 154 cm³/mol. The van der Waals surface area contributed by atoms with E-state index in [0.717, 1.165) is 42.2 Å². The lowest BCUT2D eigenvalue weighted by atomic mass is 9.80. The van der Waals surface area contributed by atoms with Crippen molar-refractivity contribution in [1.82, 2.24) is 19.9 Å². The summed E-state index contributed by atoms with van der Waals surface area (Å²) in [5.74, 6) is -1.15. The van der Waals surface area contributed by atoms with Gasteiger partial charge in [0.05, 0.1) is 29.3 Å². The number of nitrogens with zero attached hydrogens (tertiary/aromatic N) is 4. The Labute approximate surface area is 266 Å². The van der Waals surface area contributed by atoms with Gasteiger partial charge in [0, 0.05) is 57.0 Å². The number of aryl methyl sites for hydroxylation is 1. The molecule has 9 nitrogen and oxygen atoms in total. The lowest BCUT2D eigenvalue weighted by Crippen LogP contribution is -2.67. The van der Waals surface area contributed by atoms with Gasteiger partial charge in [0.1, 0.15) is 17.2 Å². The highest BCUT2D eigenvalue weighted by Crippen LogP contribution is 2.42. The van der Waals surface area contributed by atoms with E-state index >= 15 is 0 Å². The molecule has 47 heavy (non-hydrogen) atoms. The summed E-state index contributed by atoms with van der Waals surface area (Å²) in [7, 11) is 1.52. The standard InChI is InChI=1S/C32H34F6N4O5/c1-4-26-30(46-22-8-6-21(7-9-22)31(33,34)35,12-5-14-42(26)28(43)23-16-39-13-10-24(23)32(36,37)38)29(44)41-15-11-20(17-41)27-19(2)47-40-25(27)18-45-3/h6-10,13,16,20,26H,4-5,11-12,14-15,17-18H2,1-3H3/t20?,26?,30-/m0/s1. The van der Waals surface area contributed by atoms with Crippen LogP contribution in [0.1, 0.15) is 77.0 Å². The fraction of sp³-hybridized carbons (Fsp3) is 0.500. The topological polar surface area (TPSA) is 98.0 Å². The zero-order chi connectivity index (χ0) is 34.1. The molecule has 5 rings (SSSR count). The van der Waals surface area contributed by atoms with Crippen LogP contribution in [0, 0.1) is 6.92 Å². The minimum Gasteiger partial charge on any atom is -0.475 e. The molecule has 0 aliphatic carbocycles.